The molecule has 92 valence electrons. The maximum Gasteiger partial charge on any atom is 0.417 e. The summed E-state index contributed by atoms with van der Waals surface area (Å²) in [6, 6.07) is 4.43. The number of hydrogen-bond acceptors (Lipinski definition) is 4. The molecule has 1 aromatic heterocycles. The molecule has 2 N–H and O–H groups in total. The predicted octanol–water partition coefficient (Wildman–Crippen LogP) is 1.17. The standard InChI is InChI=1S/C12H9NO5/c14-9(12(3-4-12)10(15)16)6-1-2-7-8(5-6)18-11(17)13-7/h1-2,5H,3-4H2,(H,13,17)(H,15,16). The number of ketones is 1. The number of H-pyrrole nitrogens is 1. The Balaban J connectivity index is 2.07. The van der Waals surface area contributed by atoms with E-state index in [1.165, 1.54) is 18.2 Å². The molecule has 0 radical (unpaired) electrons. The zero-order valence-electron chi connectivity index (χ0n) is 9.23. The molecule has 6 heteroatoms. The van der Waals surface area contributed by atoms with Crippen LogP contribution in [-0.2, 0) is 4.79 Å². The highest BCUT2D eigenvalue weighted by molar-refractivity contribution is 6.15. The Hall–Kier alpha value is -2.37. The third-order valence-corrected chi connectivity index (χ3v) is 3.28. The van der Waals surface area contributed by atoms with E-state index in [1.54, 1.807) is 0 Å². The number of aromatic amines is 1. The highest BCUT2D eigenvalue weighted by atomic mass is 16.4. The largest absolute Gasteiger partial charge is 0.480 e. The Morgan fingerprint density at radius 1 is 1.33 bits per heavy atom. The Morgan fingerprint density at radius 2 is 2.06 bits per heavy atom. The van der Waals surface area contributed by atoms with Crippen molar-refractivity contribution < 1.29 is 19.1 Å². The molecule has 1 aliphatic carbocycles. The van der Waals surface area contributed by atoms with Crippen LogP contribution in [0, 0.1) is 5.41 Å². The lowest BCUT2D eigenvalue weighted by molar-refractivity contribution is -0.141. The normalized spacial score (nSPS) is 16.7. The van der Waals surface area contributed by atoms with Gasteiger partial charge in [0.1, 0.15) is 5.41 Å². The molecule has 1 fully saturated rings. The number of carbonyl (C=O) groups excluding carboxylic acids is 1. The minimum atomic E-state index is -1.27. The number of benzene rings is 1. The van der Waals surface area contributed by atoms with Crippen molar-refractivity contribution in [2.45, 2.75) is 12.8 Å². The lowest BCUT2D eigenvalue weighted by atomic mass is 9.95. The highest BCUT2D eigenvalue weighted by Crippen LogP contribution is 2.48. The number of rotatable bonds is 3. The maximum absolute atomic E-state index is 12.1. The summed E-state index contributed by atoms with van der Waals surface area (Å²) in [5.41, 5.74) is -0.279. The quantitative estimate of drug-likeness (QED) is 0.626. The van der Waals surface area contributed by atoms with E-state index in [-0.39, 0.29) is 11.1 Å². The zero-order valence-corrected chi connectivity index (χ0v) is 9.23. The van der Waals surface area contributed by atoms with Gasteiger partial charge in [0.2, 0.25) is 0 Å². The Kier molecular flexibility index (Phi) is 1.98. The molecule has 0 spiro atoms. The third kappa shape index (κ3) is 1.38. The van der Waals surface area contributed by atoms with Gasteiger partial charge in [-0.25, -0.2) is 4.79 Å². The smallest absolute Gasteiger partial charge is 0.417 e. The second kappa shape index (κ2) is 3.32. The maximum atomic E-state index is 12.1. The summed E-state index contributed by atoms with van der Waals surface area (Å²) in [7, 11) is 0. The van der Waals surface area contributed by atoms with Gasteiger partial charge in [0.05, 0.1) is 5.52 Å². The molecular weight excluding hydrogens is 238 g/mol. The molecule has 18 heavy (non-hydrogen) atoms. The number of aromatic nitrogens is 1. The van der Waals surface area contributed by atoms with Gasteiger partial charge in [-0.2, -0.15) is 0 Å². The van der Waals surface area contributed by atoms with Gasteiger partial charge in [0.15, 0.2) is 11.4 Å². The first-order valence-corrected chi connectivity index (χ1v) is 5.44. The van der Waals surface area contributed by atoms with Gasteiger partial charge < -0.3 is 9.52 Å². The SMILES string of the molecule is O=C(O)C1(C(=O)c2ccc3[nH]c(=O)oc3c2)CC1. The number of carboxylic acid groups (broad SMARTS) is 1. The Morgan fingerprint density at radius 3 is 2.67 bits per heavy atom. The second-order valence-electron chi connectivity index (χ2n) is 4.44. The van der Waals surface area contributed by atoms with Gasteiger partial charge in [-0.15, -0.1) is 0 Å². The van der Waals surface area contributed by atoms with E-state index in [4.69, 9.17) is 9.52 Å². The Bertz CT molecular complexity index is 719. The van der Waals surface area contributed by atoms with E-state index in [0.717, 1.165) is 0 Å². The third-order valence-electron chi connectivity index (χ3n) is 3.28. The van der Waals surface area contributed by atoms with Crippen LogP contribution < -0.4 is 5.76 Å². The number of oxazole rings is 1. The van der Waals surface area contributed by atoms with Crippen molar-refractivity contribution >= 4 is 22.9 Å². The first-order valence-electron chi connectivity index (χ1n) is 5.44. The molecule has 1 aliphatic rings. The van der Waals surface area contributed by atoms with Crippen molar-refractivity contribution in [3.63, 3.8) is 0 Å². The molecule has 0 atom stereocenters. The minimum Gasteiger partial charge on any atom is -0.480 e. The number of fused-ring (bicyclic) bond motifs is 1. The van der Waals surface area contributed by atoms with Crippen molar-refractivity contribution in [2.75, 3.05) is 0 Å². The lowest BCUT2D eigenvalue weighted by Gasteiger charge is -2.07. The van der Waals surface area contributed by atoms with Crippen LogP contribution in [0.3, 0.4) is 0 Å². The number of Topliss-reactive ketones (excluding diaryl/α,β-unsaturated/α-hetero) is 1. The number of aliphatic carboxylic acids is 1. The van der Waals surface area contributed by atoms with Crippen LogP contribution in [0.25, 0.3) is 11.1 Å². The van der Waals surface area contributed by atoms with E-state index in [1.807, 2.05) is 0 Å². The van der Waals surface area contributed by atoms with E-state index in [9.17, 15) is 14.4 Å². The van der Waals surface area contributed by atoms with Crippen LogP contribution in [0.2, 0.25) is 0 Å². The zero-order chi connectivity index (χ0) is 12.9. The number of carboxylic acids is 1. The van der Waals surface area contributed by atoms with Gasteiger partial charge in [0.25, 0.3) is 0 Å². The fourth-order valence-corrected chi connectivity index (χ4v) is 2.03. The summed E-state index contributed by atoms with van der Waals surface area (Å²) in [6.45, 7) is 0. The van der Waals surface area contributed by atoms with Crippen molar-refractivity contribution in [1.29, 1.82) is 0 Å². The molecule has 2 aromatic rings. The van der Waals surface area contributed by atoms with E-state index in [2.05, 4.69) is 4.98 Å². The Labute approximate surface area is 100 Å². The predicted molar refractivity (Wildman–Crippen MR) is 60.5 cm³/mol. The van der Waals surface area contributed by atoms with Crippen LogP contribution in [0.4, 0.5) is 0 Å². The molecule has 6 nitrogen and oxygen atoms in total. The summed E-state index contributed by atoms with van der Waals surface area (Å²) in [6.07, 6.45) is 0.715. The average molecular weight is 247 g/mol. The van der Waals surface area contributed by atoms with E-state index >= 15 is 0 Å². The molecule has 1 aromatic carbocycles. The number of hydrogen-bond donors (Lipinski definition) is 2. The van der Waals surface area contributed by atoms with Crippen molar-refractivity contribution in [3.8, 4) is 0 Å². The molecule has 0 bridgehead atoms. The van der Waals surface area contributed by atoms with E-state index in [0.29, 0.717) is 18.4 Å². The van der Waals surface area contributed by atoms with Gasteiger partial charge in [0, 0.05) is 5.56 Å². The van der Waals surface area contributed by atoms with Crippen LogP contribution in [0.15, 0.2) is 27.4 Å². The molecule has 0 saturated heterocycles. The molecule has 0 aliphatic heterocycles. The fourth-order valence-electron chi connectivity index (χ4n) is 2.03. The lowest BCUT2D eigenvalue weighted by Crippen LogP contribution is -2.25. The monoisotopic (exact) mass is 247 g/mol. The topological polar surface area (TPSA) is 100 Å². The van der Waals surface area contributed by atoms with Gasteiger partial charge >= 0.3 is 11.7 Å². The average Bonchev–Trinajstić information content (AvgIpc) is 3.05. The molecule has 1 saturated carbocycles. The highest BCUT2D eigenvalue weighted by Gasteiger charge is 2.56. The van der Waals surface area contributed by atoms with Crippen LogP contribution in [0.1, 0.15) is 23.2 Å². The van der Waals surface area contributed by atoms with Crippen LogP contribution >= 0.6 is 0 Å². The van der Waals surface area contributed by atoms with Gasteiger partial charge in [-0.1, -0.05) is 0 Å². The van der Waals surface area contributed by atoms with Gasteiger partial charge in [-0.05, 0) is 31.0 Å². The number of carbonyl (C=O) groups is 2. The first-order chi connectivity index (χ1) is 8.53. The minimum absolute atomic E-state index is 0.255. The fraction of sp³-hybridized carbons (Fsp3) is 0.250. The van der Waals surface area contributed by atoms with Crippen molar-refractivity contribution in [3.05, 3.63) is 34.3 Å². The summed E-state index contributed by atoms with van der Waals surface area (Å²) in [5.74, 6) is -2.13. The molecule has 1 heterocycles. The van der Waals surface area contributed by atoms with Crippen LogP contribution in [-0.4, -0.2) is 21.8 Å². The van der Waals surface area contributed by atoms with Crippen LogP contribution in [0.5, 0.6) is 0 Å². The summed E-state index contributed by atoms with van der Waals surface area (Å²) < 4.78 is 4.84. The molecule has 3 rings (SSSR count). The second-order valence-corrected chi connectivity index (χ2v) is 4.44. The van der Waals surface area contributed by atoms with Crippen molar-refractivity contribution in [2.24, 2.45) is 5.41 Å². The first kappa shape index (κ1) is 10.8. The van der Waals surface area contributed by atoms with Crippen molar-refractivity contribution in [1.82, 2.24) is 4.98 Å². The molecular formula is C12H9NO5. The van der Waals surface area contributed by atoms with E-state index < -0.39 is 22.9 Å². The summed E-state index contributed by atoms with van der Waals surface area (Å²) in [4.78, 5) is 36.6. The number of nitrogens with one attached hydrogen (secondary N) is 1. The van der Waals surface area contributed by atoms with Gasteiger partial charge in [-0.3, -0.25) is 14.6 Å². The molecule has 0 unspecified atom stereocenters. The summed E-state index contributed by atoms with van der Waals surface area (Å²) >= 11 is 0. The summed E-state index contributed by atoms with van der Waals surface area (Å²) in [5, 5.41) is 9.05. The molecule has 0 amide bonds.